The second-order valence-electron chi connectivity index (χ2n) is 12.6. The fourth-order valence-corrected chi connectivity index (χ4v) is 6.15. The van der Waals surface area contributed by atoms with Crippen molar-refractivity contribution in [3.63, 3.8) is 0 Å². The molecule has 0 radical (unpaired) electrons. The van der Waals surface area contributed by atoms with Gasteiger partial charge in [0, 0.05) is 32.0 Å². The molecule has 0 aromatic rings. The largest absolute Gasteiger partial charge is 0.442 e. The third-order valence-electron chi connectivity index (χ3n) is 8.73. The number of nitrogens with one attached hydrogen (secondary N) is 1. The fourth-order valence-electron chi connectivity index (χ4n) is 6.15. The molecule has 42 heavy (non-hydrogen) atoms. The summed E-state index contributed by atoms with van der Waals surface area (Å²) >= 11 is 0. The summed E-state index contributed by atoms with van der Waals surface area (Å²) in [6.45, 7) is 10.1. The van der Waals surface area contributed by atoms with Crippen LogP contribution in [0.3, 0.4) is 0 Å². The average Bonchev–Trinajstić information content (AvgIpc) is 3.69. The molecule has 4 heterocycles. The van der Waals surface area contributed by atoms with Crippen LogP contribution in [0.5, 0.6) is 0 Å². The third kappa shape index (κ3) is 9.67. The van der Waals surface area contributed by atoms with Crippen molar-refractivity contribution in [2.45, 2.75) is 121 Å². The van der Waals surface area contributed by atoms with E-state index in [-0.39, 0.29) is 66.3 Å². The maximum absolute atomic E-state index is 12.6. The summed E-state index contributed by atoms with van der Waals surface area (Å²) in [5, 5.41) is 3.06. The number of rotatable bonds is 10. The Kier molecular flexibility index (Phi) is 11.3. The average molecular weight is 588 g/mol. The molecule has 3 amide bonds. The van der Waals surface area contributed by atoms with Gasteiger partial charge in [0.05, 0.1) is 49.1 Å². The van der Waals surface area contributed by atoms with Gasteiger partial charge in [0.15, 0.2) is 0 Å². The number of hydrogen-bond donors (Lipinski definition) is 2. The van der Waals surface area contributed by atoms with E-state index in [4.69, 9.17) is 24.7 Å². The number of carbonyl (C=O) groups is 3. The predicted molar refractivity (Wildman–Crippen MR) is 158 cm³/mol. The highest BCUT2D eigenvalue weighted by Gasteiger charge is 2.51. The van der Waals surface area contributed by atoms with Crippen molar-refractivity contribution in [1.29, 1.82) is 0 Å². The zero-order valence-electron chi connectivity index (χ0n) is 25.6. The third-order valence-corrected chi connectivity index (χ3v) is 8.73. The number of nitrogens with zero attached hydrogens (tertiary/aromatic N) is 1. The van der Waals surface area contributed by atoms with Crippen molar-refractivity contribution in [2.75, 3.05) is 19.7 Å². The molecule has 4 fully saturated rings. The van der Waals surface area contributed by atoms with Crippen LogP contribution in [0.25, 0.3) is 0 Å². The van der Waals surface area contributed by atoms with Crippen molar-refractivity contribution >= 4 is 17.9 Å². The number of allylic oxidation sites excluding steroid dienone is 2. The molecule has 0 aromatic heterocycles. The minimum atomic E-state index is -0.484. The maximum Gasteiger partial charge on any atom is 0.410 e. The zero-order chi connectivity index (χ0) is 30.3. The number of amides is 3. The van der Waals surface area contributed by atoms with Gasteiger partial charge in [-0.15, -0.1) is 0 Å². The number of carbonyl (C=O) groups excluding carboxylic acids is 3. The molecular weight excluding hydrogens is 538 g/mol. The Labute approximate surface area is 250 Å². The van der Waals surface area contributed by atoms with Gasteiger partial charge in [-0.1, -0.05) is 30.7 Å². The molecule has 4 aliphatic heterocycles. The Morgan fingerprint density at radius 3 is 2.55 bits per heavy atom. The predicted octanol–water partition coefficient (Wildman–Crippen LogP) is 3.94. The van der Waals surface area contributed by atoms with Crippen LogP contribution in [-0.2, 0) is 28.5 Å². The Bertz CT molecular complexity index is 1050. The van der Waals surface area contributed by atoms with Gasteiger partial charge in [-0.2, -0.15) is 0 Å². The summed E-state index contributed by atoms with van der Waals surface area (Å²) in [4.78, 5) is 38.0. The number of ether oxygens (including phenoxy) is 4. The van der Waals surface area contributed by atoms with Crippen LogP contribution in [-0.4, -0.2) is 84.7 Å². The smallest absolute Gasteiger partial charge is 0.410 e. The van der Waals surface area contributed by atoms with E-state index in [1.54, 1.807) is 17.9 Å². The van der Waals surface area contributed by atoms with Gasteiger partial charge in [0.1, 0.15) is 6.10 Å². The van der Waals surface area contributed by atoms with Gasteiger partial charge in [0.2, 0.25) is 11.8 Å². The van der Waals surface area contributed by atoms with Crippen LogP contribution in [0, 0.1) is 5.92 Å². The molecule has 0 aromatic carbocycles. The first kappa shape index (κ1) is 32.2. The SMILES string of the molecule is CC(C=C[C@@H]1C[C@]2(CO2)C[C@@H](CC(N)=O)O1)=CC[C@@H]1O[C@H](C)[C@H](NC(=O)C=C[C@H](C)OC(=O)N2CCCCC2)C[C@@H]1C. The Morgan fingerprint density at radius 2 is 1.86 bits per heavy atom. The van der Waals surface area contributed by atoms with Crippen LogP contribution < -0.4 is 11.1 Å². The van der Waals surface area contributed by atoms with E-state index in [0.29, 0.717) is 6.61 Å². The number of hydrogen-bond acceptors (Lipinski definition) is 7. The van der Waals surface area contributed by atoms with E-state index in [0.717, 1.165) is 63.6 Å². The second-order valence-corrected chi connectivity index (χ2v) is 12.6. The van der Waals surface area contributed by atoms with E-state index in [1.165, 1.54) is 6.08 Å². The Balaban J connectivity index is 1.19. The highest BCUT2D eigenvalue weighted by Crippen LogP contribution is 2.43. The standard InChI is InChI=1S/C32H49N3O7/c1-21(8-11-25-18-32(20-39-32)19-26(42-25)17-29(33)36)9-12-28-22(2)16-27(24(4)41-28)34-30(37)13-10-23(3)40-31(38)35-14-6-5-7-15-35/h8-11,13,22-28H,5-7,12,14-20H2,1-4H3,(H2,33,36)(H,34,37)/t22-,23-,24+,25+,26+,27+,28-,32+/m0/s1. The molecular formula is C32H49N3O7. The summed E-state index contributed by atoms with van der Waals surface area (Å²) in [5.41, 5.74) is 6.34. The number of epoxide rings is 1. The van der Waals surface area contributed by atoms with Crippen LogP contribution >= 0.6 is 0 Å². The molecule has 0 aliphatic carbocycles. The minimum Gasteiger partial charge on any atom is -0.442 e. The van der Waals surface area contributed by atoms with Gasteiger partial charge in [-0.25, -0.2) is 4.79 Å². The number of nitrogens with two attached hydrogens (primary N) is 1. The van der Waals surface area contributed by atoms with Crippen molar-refractivity contribution in [2.24, 2.45) is 11.7 Å². The van der Waals surface area contributed by atoms with Crippen molar-refractivity contribution in [1.82, 2.24) is 10.2 Å². The Hall–Kier alpha value is -2.69. The van der Waals surface area contributed by atoms with Crippen LogP contribution in [0.1, 0.15) is 79.1 Å². The van der Waals surface area contributed by atoms with Gasteiger partial charge in [-0.3, -0.25) is 9.59 Å². The van der Waals surface area contributed by atoms with Gasteiger partial charge >= 0.3 is 6.09 Å². The van der Waals surface area contributed by atoms with E-state index in [2.05, 4.69) is 31.3 Å². The number of piperidine rings is 1. The van der Waals surface area contributed by atoms with Crippen LogP contribution in [0.15, 0.2) is 36.0 Å². The van der Waals surface area contributed by atoms with Gasteiger partial charge in [-0.05, 0) is 64.9 Å². The first-order valence-electron chi connectivity index (χ1n) is 15.5. The molecule has 234 valence electrons. The quantitative estimate of drug-likeness (QED) is 0.225. The fraction of sp³-hybridized carbons (Fsp3) is 0.719. The summed E-state index contributed by atoms with van der Waals surface area (Å²) in [7, 11) is 0. The molecule has 4 rings (SSSR count). The zero-order valence-corrected chi connectivity index (χ0v) is 25.6. The van der Waals surface area contributed by atoms with E-state index in [9.17, 15) is 14.4 Å². The molecule has 8 atom stereocenters. The lowest BCUT2D eigenvalue weighted by Gasteiger charge is -2.39. The molecule has 10 nitrogen and oxygen atoms in total. The first-order chi connectivity index (χ1) is 20.0. The molecule has 10 heteroatoms. The Morgan fingerprint density at radius 1 is 1.12 bits per heavy atom. The summed E-state index contributed by atoms with van der Waals surface area (Å²) in [5.74, 6) is -0.314. The van der Waals surface area contributed by atoms with E-state index < -0.39 is 6.10 Å². The first-order valence-corrected chi connectivity index (χ1v) is 15.5. The molecule has 3 N–H and O–H groups in total. The van der Waals surface area contributed by atoms with E-state index in [1.807, 2.05) is 13.0 Å². The van der Waals surface area contributed by atoms with Gasteiger partial charge in [0.25, 0.3) is 0 Å². The summed E-state index contributed by atoms with van der Waals surface area (Å²) in [6, 6.07) is -0.0988. The molecule has 0 saturated carbocycles. The van der Waals surface area contributed by atoms with Crippen LogP contribution in [0.2, 0.25) is 0 Å². The normalized spacial score (nSPS) is 34.5. The highest BCUT2D eigenvalue weighted by molar-refractivity contribution is 5.87. The molecule has 4 aliphatic rings. The molecule has 4 saturated heterocycles. The maximum atomic E-state index is 12.6. The second kappa shape index (κ2) is 14.7. The minimum absolute atomic E-state index is 0.0512. The molecule has 1 spiro atoms. The monoisotopic (exact) mass is 587 g/mol. The van der Waals surface area contributed by atoms with Gasteiger partial charge < -0.3 is 34.9 Å². The molecule has 0 bridgehead atoms. The molecule has 0 unspecified atom stereocenters. The van der Waals surface area contributed by atoms with Crippen molar-refractivity contribution in [3.8, 4) is 0 Å². The lowest BCUT2D eigenvalue weighted by atomic mass is 9.88. The van der Waals surface area contributed by atoms with Crippen molar-refractivity contribution < 1.29 is 33.3 Å². The highest BCUT2D eigenvalue weighted by atomic mass is 16.6. The number of likely N-dealkylation sites (tertiary alicyclic amines) is 1. The van der Waals surface area contributed by atoms with E-state index >= 15 is 0 Å². The summed E-state index contributed by atoms with van der Waals surface area (Å²) < 4.78 is 23.5. The lowest BCUT2D eigenvalue weighted by Crippen LogP contribution is -2.50. The van der Waals surface area contributed by atoms with Crippen molar-refractivity contribution in [3.05, 3.63) is 36.0 Å². The number of primary amides is 1. The lowest BCUT2D eigenvalue weighted by molar-refractivity contribution is -0.125. The van der Waals surface area contributed by atoms with Crippen LogP contribution in [0.4, 0.5) is 4.79 Å². The summed E-state index contributed by atoms with van der Waals surface area (Å²) in [6.07, 6.45) is 14.6. The topological polar surface area (TPSA) is 133 Å².